The first-order chi connectivity index (χ1) is 4.16. The Hall–Kier alpha value is -0.240. The minimum atomic E-state index is -0.713. The highest BCUT2D eigenvalue weighted by molar-refractivity contribution is 6.61. The van der Waals surface area contributed by atoms with E-state index in [1.807, 2.05) is 13.8 Å². The molecule has 0 heterocycles. The van der Waals surface area contributed by atoms with E-state index in [1.165, 1.54) is 0 Å². The molecular formula is C6H11ClO2. The Morgan fingerprint density at radius 3 is 2.67 bits per heavy atom. The normalized spacial score (nSPS) is 12.8. The second-order valence-electron chi connectivity index (χ2n) is 2.06. The van der Waals surface area contributed by atoms with E-state index in [9.17, 15) is 4.79 Å². The molecule has 0 aromatic carbocycles. The van der Waals surface area contributed by atoms with Crippen LogP contribution in [0.15, 0.2) is 0 Å². The van der Waals surface area contributed by atoms with Gasteiger partial charge in [0.05, 0.1) is 6.61 Å². The molecule has 0 N–H and O–H groups in total. The third-order valence-corrected chi connectivity index (χ3v) is 1.29. The largest absolute Gasteiger partial charge is 0.453 e. The molecule has 0 saturated heterocycles. The first-order valence-corrected chi connectivity index (χ1v) is 3.36. The summed E-state index contributed by atoms with van der Waals surface area (Å²) in [5.41, 5.74) is -0.713. The Morgan fingerprint density at radius 1 is 1.78 bits per heavy atom. The smallest absolute Gasteiger partial charge is 0.403 e. The van der Waals surface area contributed by atoms with Crippen LogP contribution in [0.1, 0.15) is 20.3 Å². The van der Waals surface area contributed by atoms with Gasteiger partial charge in [0.25, 0.3) is 0 Å². The summed E-state index contributed by atoms with van der Waals surface area (Å²) in [6.45, 7) is 4.46. The lowest BCUT2D eigenvalue weighted by Gasteiger charge is -2.05. The van der Waals surface area contributed by atoms with Crippen molar-refractivity contribution in [3.63, 3.8) is 0 Å². The first kappa shape index (κ1) is 8.76. The second-order valence-corrected chi connectivity index (χ2v) is 2.37. The van der Waals surface area contributed by atoms with Gasteiger partial charge in [-0.1, -0.05) is 20.3 Å². The van der Waals surface area contributed by atoms with Gasteiger partial charge in [-0.2, -0.15) is 0 Å². The number of rotatable bonds is 3. The Bertz CT molecular complexity index is 93.1. The molecular weight excluding hydrogens is 140 g/mol. The van der Waals surface area contributed by atoms with Crippen LogP contribution in [-0.4, -0.2) is 12.0 Å². The molecule has 0 aliphatic rings. The lowest BCUT2D eigenvalue weighted by atomic mass is 10.1. The summed E-state index contributed by atoms with van der Waals surface area (Å²) in [5, 5.41) is 0. The van der Waals surface area contributed by atoms with Crippen molar-refractivity contribution >= 4 is 17.0 Å². The highest BCUT2D eigenvalue weighted by Gasteiger charge is 2.00. The van der Waals surface area contributed by atoms with E-state index in [1.54, 1.807) is 0 Å². The van der Waals surface area contributed by atoms with Gasteiger partial charge in [-0.05, 0) is 5.92 Å². The third-order valence-electron chi connectivity index (χ3n) is 1.18. The molecule has 54 valence electrons. The number of ether oxygens (including phenoxy) is 1. The molecule has 2 nitrogen and oxygen atoms in total. The van der Waals surface area contributed by atoms with Crippen molar-refractivity contribution in [2.45, 2.75) is 20.3 Å². The molecule has 0 aliphatic heterocycles. The Balaban J connectivity index is 3.16. The molecule has 9 heavy (non-hydrogen) atoms. The fourth-order valence-corrected chi connectivity index (χ4v) is 0.389. The standard InChI is InChI=1S/C6H11ClO2/c1-3-5(2)4-9-6(7)8/h5H,3-4H2,1-2H3/t5-/m1/s1. The lowest BCUT2D eigenvalue weighted by Crippen LogP contribution is -2.05. The van der Waals surface area contributed by atoms with Crippen LogP contribution in [0.2, 0.25) is 0 Å². The Labute approximate surface area is 60.1 Å². The maximum absolute atomic E-state index is 10.0. The summed E-state index contributed by atoms with van der Waals surface area (Å²) in [6.07, 6.45) is 1.00. The SMILES string of the molecule is CC[C@@H](C)COC(=O)Cl. The number of hydrogen-bond acceptors (Lipinski definition) is 2. The van der Waals surface area contributed by atoms with E-state index in [0.717, 1.165) is 6.42 Å². The highest BCUT2D eigenvalue weighted by atomic mass is 35.5. The minimum absolute atomic E-state index is 0.410. The summed E-state index contributed by atoms with van der Waals surface area (Å²) in [6, 6.07) is 0. The van der Waals surface area contributed by atoms with Crippen molar-refractivity contribution in [2.24, 2.45) is 5.92 Å². The van der Waals surface area contributed by atoms with Gasteiger partial charge in [-0.25, -0.2) is 4.79 Å². The van der Waals surface area contributed by atoms with Crippen LogP contribution in [0.4, 0.5) is 4.79 Å². The van der Waals surface area contributed by atoms with Crippen LogP contribution in [0, 0.1) is 5.92 Å². The van der Waals surface area contributed by atoms with Crippen molar-refractivity contribution in [3.05, 3.63) is 0 Å². The van der Waals surface area contributed by atoms with Gasteiger partial charge in [0.15, 0.2) is 0 Å². The van der Waals surface area contributed by atoms with Crippen molar-refractivity contribution < 1.29 is 9.53 Å². The highest BCUT2D eigenvalue weighted by Crippen LogP contribution is 2.01. The second kappa shape index (κ2) is 4.62. The molecule has 0 bridgehead atoms. The summed E-state index contributed by atoms with van der Waals surface area (Å²) >= 11 is 4.92. The van der Waals surface area contributed by atoms with Gasteiger partial charge >= 0.3 is 5.43 Å². The zero-order valence-electron chi connectivity index (χ0n) is 5.69. The van der Waals surface area contributed by atoms with Gasteiger partial charge < -0.3 is 4.74 Å². The molecule has 0 radical (unpaired) electrons. The number of carbonyl (C=O) groups is 1. The Kier molecular flexibility index (Phi) is 4.50. The molecule has 0 rings (SSSR count). The van der Waals surface area contributed by atoms with Crippen molar-refractivity contribution in [1.29, 1.82) is 0 Å². The molecule has 0 aliphatic carbocycles. The number of halogens is 1. The van der Waals surface area contributed by atoms with Gasteiger partial charge in [0.2, 0.25) is 0 Å². The molecule has 0 amide bonds. The van der Waals surface area contributed by atoms with Gasteiger partial charge in [-0.15, -0.1) is 0 Å². The summed E-state index contributed by atoms with van der Waals surface area (Å²) in [4.78, 5) is 10.0. The van der Waals surface area contributed by atoms with E-state index >= 15 is 0 Å². The predicted octanol–water partition coefficient (Wildman–Crippen LogP) is 2.41. The van der Waals surface area contributed by atoms with Crippen LogP contribution in [-0.2, 0) is 4.74 Å². The summed E-state index contributed by atoms with van der Waals surface area (Å²) in [7, 11) is 0. The van der Waals surface area contributed by atoms with E-state index in [0.29, 0.717) is 12.5 Å². The molecule has 0 unspecified atom stereocenters. The molecule has 0 aromatic heterocycles. The van der Waals surface area contributed by atoms with E-state index in [2.05, 4.69) is 4.74 Å². The van der Waals surface area contributed by atoms with Gasteiger partial charge in [-0.3, -0.25) is 0 Å². The average Bonchev–Trinajstić information content (AvgIpc) is 1.83. The topological polar surface area (TPSA) is 26.3 Å². The predicted molar refractivity (Wildman–Crippen MR) is 36.7 cm³/mol. The summed E-state index contributed by atoms with van der Waals surface area (Å²) < 4.78 is 4.52. The van der Waals surface area contributed by atoms with Crippen LogP contribution in [0.25, 0.3) is 0 Å². The molecule has 0 spiro atoms. The van der Waals surface area contributed by atoms with Gasteiger partial charge in [0, 0.05) is 11.6 Å². The minimum Gasteiger partial charge on any atom is -0.453 e. The monoisotopic (exact) mass is 150 g/mol. The quantitative estimate of drug-likeness (QED) is 0.578. The fraction of sp³-hybridized carbons (Fsp3) is 0.833. The zero-order valence-corrected chi connectivity index (χ0v) is 6.44. The van der Waals surface area contributed by atoms with Crippen molar-refractivity contribution in [3.8, 4) is 0 Å². The van der Waals surface area contributed by atoms with Crippen molar-refractivity contribution in [1.82, 2.24) is 0 Å². The average molecular weight is 151 g/mol. The maximum Gasteiger partial charge on any atom is 0.403 e. The number of hydrogen-bond donors (Lipinski definition) is 0. The fourth-order valence-electron chi connectivity index (χ4n) is 0.326. The van der Waals surface area contributed by atoms with E-state index in [4.69, 9.17) is 11.6 Å². The van der Waals surface area contributed by atoms with Crippen molar-refractivity contribution in [2.75, 3.05) is 6.61 Å². The first-order valence-electron chi connectivity index (χ1n) is 2.99. The lowest BCUT2D eigenvalue weighted by molar-refractivity contribution is 0.154. The van der Waals surface area contributed by atoms with E-state index in [-0.39, 0.29) is 0 Å². The van der Waals surface area contributed by atoms with Gasteiger partial charge in [0.1, 0.15) is 0 Å². The number of carbonyl (C=O) groups excluding carboxylic acids is 1. The van der Waals surface area contributed by atoms with Crippen LogP contribution < -0.4 is 0 Å². The molecule has 0 saturated carbocycles. The molecule has 3 heteroatoms. The molecule has 1 atom stereocenters. The maximum atomic E-state index is 10.0. The van der Waals surface area contributed by atoms with Crippen LogP contribution in [0.5, 0.6) is 0 Å². The molecule has 0 aromatic rings. The third kappa shape index (κ3) is 5.63. The molecule has 0 fully saturated rings. The van der Waals surface area contributed by atoms with E-state index < -0.39 is 5.43 Å². The Morgan fingerprint density at radius 2 is 2.33 bits per heavy atom. The van der Waals surface area contributed by atoms with Crippen LogP contribution >= 0.6 is 11.6 Å². The van der Waals surface area contributed by atoms with Crippen LogP contribution in [0.3, 0.4) is 0 Å². The zero-order chi connectivity index (χ0) is 7.28. The summed E-state index contributed by atoms with van der Waals surface area (Å²) in [5.74, 6) is 0.410.